The summed E-state index contributed by atoms with van der Waals surface area (Å²) in [5.41, 5.74) is 1.37. The Bertz CT molecular complexity index is 1160. The molecule has 11 heteroatoms. The van der Waals surface area contributed by atoms with E-state index in [4.69, 9.17) is 19.3 Å². The molecule has 1 saturated heterocycles. The maximum atomic E-state index is 13.6. The number of hydrogen-bond acceptors (Lipinski definition) is 8. The van der Waals surface area contributed by atoms with Crippen LogP contribution in [0.1, 0.15) is 32.9 Å². The molecule has 3 heterocycles. The number of ether oxygens (including phenoxy) is 3. The van der Waals surface area contributed by atoms with E-state index in [1.165, 1.54) is 12.1 Å². The molecule has 0 unspecified atom stereocenters. The standard InChI is InChI=1S/C24H28FN5O5/c1-14(2)35-23-27-9-8-17(28-23)19-18(15-4-6-16(25)7-5-15)29-20(30-19)21-33-12-24(3,13-34-21)22(32)26-10-11-31/h4-9,14,21,31H,10-13H2,1-3H3,(H,26,32)(H,29,30). The molecule has 0 radical (unpaired) electrons. The summed E-state index contributed by atoms with van der Waals surface area (Å²) in [5, 5.41) is 11.6. The molecule has 0 aliphatic carbocycles. The Morgan fingerprint density at radius 1 is 1.26 bits per heavy atom. The molecule has 10 nitrogen and oxygen atoms in total. The highest BCUT2D eigenvalue weighted by Crippen LogP contribution is 2.35. The van der Waals surface area contributed by atoms with E-state index in [2.05, 4.69) is 25.3 Å². The molecular formula is C24H28FN5O5. The summed E-state index contributed by atoms with van der Waals surface area (Å²) < 4.78 is 30.9. The first-order chi connectivity index (χ1) is 16.8. The fourth-order valence-electron chi connectivity index (χ4n) is 3.53. The van der Waals surface area contributed by atoms with Crippen molar-refractivity contribution in [3.8, 4) is 28.7 Å². The van der Waals surface area contributed by atoms with Gasteiger partial charge in [0.05, 0.1) is 48.4 Å². The maximum absolute atomic E-state index is 13.6. The number of aromatic amines is 1. The van der Waals surface area contributed by atoms with Gasteiger partial charge >= 0.3 is 6.01 Å². The van der Waals surface area contributed by atoms with Gasteiger partial charge in [-0.05, 0) is 51.1 Å². The number of hydrogen-bond donors (Lipinski definition) is 3. The van der Waals surface area contributed by atoms with Crippen LogP contribution in [0.25, 0.3) is 22.6 Å². The van der Waals surface area contributed by atoms with Gasteiger partial charge in [-0.2, -0.15) is 4.98 Å². The molecule has 0 bridgehead atoms. The number of carbonyl (C=O) groups excluding carboxylic acids is 1. The van der Waals surface area contributed by atoms with E-state index < -0.39 is 11.7 Å². The highest BCUT2D eigenvalue weighted by molar-refractivity contribution is 5.82. The third-order valence-corrected chi connectivity index (χ3v) is 5.35. The minimum atomic E-state index is -0.906. The topological polar surface area (TPSA) is 131 Å². The number of carbonyl (C=O) groups is 1. The second-order valence-electron chi connectivity index (χ2n) is 8.74. The number of nitrogens with zero attached hydrogens (tertiary/aromatic N) is 3. The monoisotopic (exact) mass is 485 g/mol. The number of nitrogens with one attached hydrogen (secondary N) is 2. The van der Waals surface area contributed by atoms with Gasteiger partial charge in [0.1, 0.15) is 5.82 Å². The first-order valence-corrected chi connectivity index (χ1v) is 11.3. The zero-order valence-corrected chi connectivity index (χ0v) is 19.7. The van der Waals surface area contributed by atoms with Crippen LogP contribution in [0.3, 0.4) is 0 Å². The fraction of sp³-hybridized carbons (Fsp3) is 0.417. The third-order valence-electron chi connectivity index (χ3n) is 5.35. The lowest BCUT2D eigenvalue weighted by Gasteiger charge is -2.35. The molecule has 4 rings (SSSR count). The molecule has 0 saturated carbocycles. The number of aliphatic hydroxyl groups is 1. The lowest BCUT2D eigenvalue weighted by molar-refractivity contribution is -0.231. The van der Waals surface area contributed by atoms with Gasteiger partial charge < -0.3 is 29.6 Å². The predicted molar refractivity (Wildman–Crippen MR) is 124 cm³/mol. The van der Waals surface area contributed by atoms with Crippen LogP contribution in [-0.2, 0) is 14.3 Å². The number of aromatic nitrogens is 4. The summed E-state index contributed by atoms with van der Waals surface area (Å²) in [7, 11) is 0. The Hall–Kier alpha value is -3.41. The van der Waals surface area contributed by atoms with Crippen LogP contribution in [0.2, 0.25) is 0 Å². The molecule has 3 N–H and O–H groups in total. The highest BCUT2D eigenvalue weighted by atomic mass is 19.1. The van der Waals surface area contributed by atoms with Crippen molar-refractivity contribution in [3.63, 3.8) is 0 Å². The zero-order valence-electron chi connectivity index (χ0n) is 19.7. The van der Waals surface area contributed by atoms with Crippen molar-refractivity contribution in [2.75, 3.05) is 26.4 Å². The molecule has 1 aliphatic heterocycles. The van der Waals surface area contributed by atoms with Crippen LogP contribution >= 0.6 is 0 Å². The van der Waals surface area contributed by atoms with E-state index >= 15 is 0 Å². The van der Waals surface area contributed by atoms with E-state index in [1.54, 1.807) is 31.3 Å². The first-order valence-electron chi connectivity index (χ1n) is 11.3. The Kier molecular flexibility index (Phi) is 7.39. The van der Waals surface area contributed by atoms with Crippen molar-refractivity contribution in [1.82, 2.24) is 25.3 Å². The molecule has 0 atom stereocenters. The molecule has 1 aromatic carbocycles. The number of amides is 1. The second kappa shape index (κ2) is 10.5. The molecule has 0 spiro atoms. The molecule has 2 aromatic heterocycles. The molecule has 1 fully saturated rings. The van der Waals surface area contributed by atoms with Crippen LogP contribution in [0, 0.1) is 11.2 Å². The number of halogens is 1. The molecule has 35 heavy (non-hydrogen) atoms. The van der Waals surface area contributed by atoms with Gasteiger partial charge in [-0.3, -0.25) is 4.79 Å². The number of rotatable bonds is 8. The van der Waals surface area contributed by atoms with Gasteiger partial charge in [0.2, 0.25) is 12.2 Å². The van der Waals surface area contributed by atoms with Crippen molar-refractivity contribution < 1.29 is 28.5 Å². The lowest BCUT2D eigenvalue weighted by atomic mass is 9.91. The second-order valence-corrected chi connectivity index (χ2v) is 8.74. The van der Waals surface area contributed by atoms with E-state index in [0.29, 0.717) is 28.5 Å². The zero-order chi connectivity index (χ0) is 25.0. The number of benzene rings is 1. The van der Waals surface area contributed by atoms with Gasteiger partial charge in [0, 0.05) is 18.3 Å². The fourth-order valence-corrected chi connectivity index (χ4v) is 3.53. The smallest absolute Gasteiger partial charge is 0.317 e. The van der Waals surface area contributed by atoms with Gasteiger partial charge in [-0.15, -0.1) is 0 Å². The van der Waals surface area contributed by atoms with Gasteiger partial charge in [0.25, 0.3) is 0 Å². The third kappa shape index (κ3) is 5.64. The average molecular weight is 486 g/mol. The van der Waals surface area contributed by atoms with Crippen molar-refractivity contribution >= 4 is 5.91 Å². The number of imidazole rings is 1. The van der Waals surface area contributed by atoms with E-state index in [-0.39, 0.29) is 50.2 Å². The highest BCUT2D eigenvalue weighted by Gasteiger charge is 2.40. The lowest BCUT2D eigenvalue weighted by Crippen LogP contribution is -2.49. The van der Waals surface area contributed by atoms with Crippen molar-refractivity contribution in [2.45, 2.75) is 33.2 Å². The van der Waals surface area contributed by atoms with Crippen molar-refractivity contribution in [1.29, 1.82) is 0 Å². The summed E-state index contributed by atoms with van der Waals surface area (Å²) >= 11 is 0. The summed E-state index contributed by atoms with van der Waals surface area (Å²) in [4.78, 5) is 29.0. The Balaban J connectivity index is 1.64. The summed E-state index contributed by atoms with van der Waals surface area (Å²) in [5.74, 6) is -0.253. The Labute approximate surface area is 201 Å². The van der Waals surface area contributed by atoms with Crippen LogP contribution in [-0.4, -0.2) is 63.4 Å². The van der Waals surface area contributed by atoms with E-state index in [0.717, 1.165) is 0 Å². The number of aliphatic hydroxyl groups excluding tert-OH is 1. The summed E-state index contributed by atoms with van der Waals surface area (Å²) in [6.07, 6.45) is 0.626. The van der Waals surface area contributed by atoms with Gasteiger partial charge in [-0.25, -0.2) is 14.4 Å². The molecule has 186 valence electrons. The molecule has 3 aromatic rings. The predicted octanol–water partition coefficient (Wildman–Crippen LogP) is 2.62. The van der Waals surface area contributed by atoms with Crippen molar-refractivity contribution in [3.05, 3.63) is 48.2 Å². The Morgan fingerprint density at radius 2 is 1.97 bits per heavy atom. The molecular weight excluding hydrogens is 457 g/mol. The maximum Gasteiger partial charge on any atom is 0.317 e. The Morgan fingerprint density at radius 3 is 2.63 bits per heavy atom. The van der Waals surface area contributed by atoms with E-state index in [9.17, 15) is 9.18 Å². The van der Waals surface area contributed by atoms with Crippen molar-refractivity contribution in [2.24, 2.45) is 5.41 Å². The normalized spacial score (nSPS) is 20.1. The van der Waals surface area contributed by atoms with Crippen LogP contribution in [0.15, 0.2) is 36.5 Å². The average Bonchev–Trinajstić information content (AvgIpc) is 3.28. The quantitative estimate of drug-likeness (QED) is 0.444. The summed E-state index contributed by atoms with van der Waals surface area (Å²) in [6.45, 7) is 5.67. The minimum Gasteiger partial charge on any atom is -0.461 e. The molecule has 1 amide bonds. The van der Waals surface area contributed by atoms with Crippen LogP contribution < -0.4 is 10.1 Å². The molecule has 1 aliphatic rings. The largest absolute Gasteiger partial charge is 0.461 e. The minimum absolute atomic E-state index is 0.0940. The SMILES string of the molecule is CC(C)Oc1nccc(-c2[nH]c(C3OCC(C)(C(=O)NCCO)CO3)nc2-c2ccc(F)cc2)n1. The van der Waals surface area contributed by atoms with Crippen LogP contribution in [0.4, 0.5) is 4.39 Å². The van der Waals surface area contributed by atoms with E-state index in [1.807, 2.05) is 13.8 Å². The van der Waals surface area contributed by atoms with Crippen LogP contribution in [0.5, 0.6) is 6.01 Å². The number of H-pyrrole nitrogens is 1. The van der Waals surface area contributed by atoms with Gasteiger partial charge in [0.15, 0.2) is 5.82 Å². The van der Waals surface area contributed by atoms with Gasteiger partial charge in [-0.1, -0.05) is 0 Å². The first kappa shape index (κ1) is 24.7. The summed E-state index contributed by atoms with van der Waals surface area (Å²) in [6, 6.07) is 7.87.